The van der Waals surface area contributed by atoms with Crippen LogP contribution in [0.3, 0.4) is 0 Å². The van der Waals surface area contributed by atoms with E-state index in [1.165, 1.54) is 30.3 Å². The van der Waals surface area contributed by atoms with Crippen LogP contribution in [0.15, 0.2) is 47.4 Å². The van der Waals surface area contributed by atoms with Gasteiger partial charge in [0, 0.05) is 0 Å². The van der Waals surface area contributed by atoms with Crippen LogP contribution in [0.25, 0.3) is 0 Å². The lowest BCUT2D eigenvalue weighted by Crippen LogP contribution is -2.17. The first-order chi connectivity index (χ1) is 10.7. The minimum Gasteiger partial charge on any atom is -0.478 e. The smallest absolute Gasteiger partial charge is 0.335 e. The van der Waals surface area contributed by atoms with E-state index >= 15 is 0 Å². The fraction of sp³-hybridized carbons (Fsp3) is 0.188. The number of nitrogens with one attached hydrogen (secondary N) is 1. The highest BCUT2D eigenvalue weighted by molar-refractivity contribution is 7.92. The standard InChI is InChI=1S/C16H16FNO4S/c1-10(2)12-8-7-11(16(19)20)9-15(12)23(21,22)18-14-6-4-3-5-13(14)17/h3-10,18H,1-2H3,(H,19,20). The molecule has 2 aromatic rings. The lowest BCUT2D eigenvalue weighted by molar-refractivity contribution is 0.0696. The van der Waals surface area contributed by atoms with E-state index in [2.05, 4.69) is 4.72 Å². The van der Waals surface area contributed by atoms with Crippen molar-refractivity contribution >= 4 is 21.7 Å². The summed E-state index contributed by atoms with van der Waals surface area (Å²) in [5, 5.41) is 9.06. The second kappa shape index (κ2) is 6.37. The Morgan fingerprint density at radius 3 is 2.39 bits per heavy atom. The quantitative estimate of drug-likeness (QED) is 0.875. The number of hydrogen-bond acceptors (Lipinski definition) is 3. The topological polar surface area (TPSA) is 83.5 Å². The summed E-state index contributed by atoms with van der Waals surface area (Å²) in [6.07, 6.45) is 0. The second-order valence-corrected chi connectivity index (χ2v) is 6.95. The van der Waals surface area contributed by atoms with Gasteiger partial charge in [0.15, 0.2) is 0 Å². The molecule has 2 rings (SSSR count). The zero-order valence-electron chi connectivity index (χ0n) is 12.6. The average molecular weight is 337 g/mol. The van der Waals surface area contributed by atoms with E-state index in [-0.39, 0.29) is 22.1 Å². The van der Waals surface area contributed by atoms with Crippen LogP contribution in [-0.4, -0.2) is 19.5 Å². The van der Waals surface area contributed by atoms with Crippen molar-refractivity contribution in [3.63, 3.8) is 0 Å². The highest BCUT2D eigenvalue weighted by Gasteiger charge is 2.23. The van der Waals surface area contributed by atoms with Crippen LogP contribution in [0.2, 0.25) is 0 Å². The number of hydrogen-bond donors (Lipinski definition) is 2. The number of benzene rings is 2. The molecule has 0 amide bonds. The van der Waals surface area contributed by atoms with Crippen molar-refractivity contribution in [3.05, 3.63) is 59.4 Å². The van der Waals surface area contributed by atoms with E-state index in [0.717, 1.165) is 12.1 Å². The first-order valence-corrected chi connectivity index (χ1v) is 8.35. The van der Waals surface area contributed by atoms with Gasteiger partial charge in [-0.1, -0.05) is 32.0 Å². The third kappa shape index (κ3) is 3.68. The van der Waals surface area contributed by atoms with Crippen LogP contribution >= 0.6 is 0 Å². The number of halogens is 1. The zero-order chi connectivity index (χ0) is 17.2. The molecule has 2 N–H and O–H groups in total. The molecule has 0 aromatic heterocycles. The van der Waals surface area contributed by atoms with E-state index < -0.39 is 21.8 Å². The fourth-order valence-electron chi connectivity index (χ4n) is 2.12. The molecule has 0 heterocycles. The van der Waals surface area contributed by atoms with Crippen molar-refractivity contribution in [3.8, 4) is 0 Å². The molecule has 7 heteroatoms. The zero-order valence-corrected chi connectivity index (χ0v) is 13.4. The summed E-state index contributed by atoms with van der Waals surface area (Å²) >= 11 is 0. The maximum Gasteiger partial charge on any atom is 0.335 e. The van der Waals surface area contributed by atoms with Crippen molar-refractivity contribution in [1.82, 2.24) is 0 Å². The maximum absolute atomic E-state index is 13.7. The monoisotopic (exact) mass is 337 g/mol. The Balaban J connectivity index is 2.56. The molecule has 0 saturated heterocycles. The Morgan fingerprint density at radius 1 is 1.17 bits per heavy atom. The number of rotatable bonds is 5. The summed E-state index contributed by atoms with van der Waals surface area (Å²) in [5.41, 5.74) is 0.116. The fourth-order valence-corrected chi connectivity index (χ4v) is 3.58. The largest absolute Gasteiger partial charge is 0.478 e. The SMILES string of the molecule is CC(C)c1ccc(C(=O)O)cc1S(=O)(=O)Nc1ccccc1F. The number of anilines is 1. The van der Waals surface area contributed by atoms with E-state index in [1.54, 1.807) is 13.8 Å². The molecule has 0 aliphatic rings. The lowest BCUT2D eigenvalue weighted by atomic mass is 10.0. The normalized spacial score (nSPS) is 11.5. The van der Waals surface area contributed by atoms with E-state index in [0.29, 0.717) is 5.56 Å². The van der Waals surface area contributed by atoms with E-state index in [4.69, 9.17) is 5.11 Å². The van der Waals surface area contributed by atoms with Gasteiger partial charge in [0.2, 0.25) is 0 Å². The minimum absolute atomic E-state index is 0.148. The van der Waals surface area contributed by atoms with Crippen molar-refractivity contribution in [2.75, 3.05) is 4.72 Å². The van der Waals surface area contributed by atoms with Gasteiger partial charge >= 0.3 is 5.97 Å². The molecule has 0 atom stereocenters. The number of carbonyl (C=O) groups is 1. The van der Waals surface area contributed by atoms with E-state index in [9.17, 15) is 17.6 Å². The number of para-hydroxylation sites is 1. The minimum atomic E-state index is -4.12. The second-order valence-electron chi connectivity index (χ2n) is 5.30. The molecule has 122 valence electrons. The van der Waals surface area contributed by atoms with Gasteiger partial charge in [-0.25, -0.2) is 17.6 Å². The van der Waals surface area contributed by atoms with Gasteiger partial charge in [0.25, 0.3) is 10.0 Å². The summed E-state index contributed by atoms with van der Waals surface area (Å²) in [4.78, 5) is 10.9. The van der Waals surface area contributed by atoms with Crippen molar-refractivity contribution in [2.24, 2.45) is 0 Å². The summed E-state index contributed by atoms with van der Waals surface area (Å²) in [5.74, 6) is -2.09. The molecule has 0 radical (unpaired) electrons. The molecular formula is C16H16FNO4S. The Morgan fingerprint density at radius 2 is 1.83 bits per heavy atom. The molecular weight excluding hydrogens is 321 g/mol. The van der Waals surface area contributed by atoms with E-state index in [1.807, 2.05) is 0 Å². The summed E-state index contributed by atoms with van der Waals surface area (Å²) in [6, 6.07) is 9.26. The highest BCUT2D eigenvalue weighted by atomic mass is 32.2. The lowest BCUT2D eigenvalue weighted by Gasteiger charge is -2.15. The van der Waals surface area contributed by atoms with Gasteiger partial charge in [-0.2, -0.15) is 0 Å². The predicted octanol–water partition coefficient (Wildman–Crippen LogP) is 3.45. The Kier molecular flexibility index (Phi) is 4.70. The van der Waals surface area contributed by atoms with Gasteiger partial charge in [-0.3, -0.25) is 4.72 Å². The summed E-state index contributed by atoms with van der Waals surface area (Å²) in [6.45, 7) is 3.58. The van der Waals surface area contributed by atoms with Crippen LogP contribution in [0, 0.1) is 5.82 Å². The Labute approximate surface area is 133 Å². The molecule has 0 spiro atoms. The van der Waals surface area contributed by atoms with Gasteiger partial charge in [0.05, 0.1) is 16.1 Å². The molecule has 0 fully saturated rings. The predicted molar refractivity (Wildman–Crippen MR) is 84.7 cm³/mol. The number of carboxylic acids is 1. The number of carboxylic acid groups (broad SMARTS) is 1. The number of aromatic carboxylic acids is 1. The molecule has 0 unspecified atom stereocenters. The molecule has 5 nitrogen and oxygen atoms in total. The summed E-state index contributed by atoms with van der Waals surface area (Å²) in [7, 11) is -4.12. The molecule has 0 bridgehead atoms. The maximum atomic E-state index is 13.7. The third-order valence-corrected chi connectivity index (χ3v) is 4.71. The van der Waals surface area contributed by atoms with Crippen molar-refractivity contribution < 1.29 is 22.7 Å². The Hall–Kier alpha value is -2.41. The van der Waals surface area contributed by atoms with Crippen LogP contribution < -0.4 is 4.72 Å². The molecule has 0 saturated carbocycles. The number of sulfonamides is 1. The molecule has 23 heavy (non-hydrogen) atoms. The van der Waals surface area contributed by atoms with Crippen LogP contribution in [0.5, 0.6) is 0 Å². The molecule has 0 aliphatic heterocycles. The van der Waals surface area contributed by atoms with Crippen LogP contribution in [0.4, 0.5) is 10.1 Å². The Bertz CT molecular complexity index is 847. The van der Waals surface area contributed by atoms with Crippen LogP contribution in [0.1, 0.15) is 35.7 Å². The van der Waals surface area contributed by atoms with Crippen LogP contribution in [-0.2, 0) is 10.0 Å². The first-order valence-electron chi connectivity index (χ1n) is 6.87. The van der Waals surface area contributed by atoms with Crippen molar-refractivity contribution in [1.29, 1.82) is 0 Å². The van der Waals surface area contributed by atoms with Gasteiger partial charge in [-0.05, 0) is 35.7 Å². The highest BCUT2D eigenvalue weighted by Crippen LogP contribution is 2.27. The molecule has 0 aliphatic carbocycles. The van der Waals surface area contributed by atoms with Crippen molar-refractivity contribution in [2.45, 2.75) is 24.7 Å². The molecule has 2 aromatic carbocycles. The van der Waals surface area contributed by atoms with Gasteiger partial charge in [0.1, 0.15) is 5.82 Å². The van der Waals surface area contributed by atoms with Gasteiger partial charge < -0.3 is 5.11 Å². The first kappa shape index (κ1) is 17.0. The third-order valence-electron chi connectivity index (χ3n) is 3.29. The summed E-state index contributed by atoms with van der Waals surface area (Å²) < 4.78 is 41.0. The van der Waals surface area contributed by atoms with Gasteiger partial charge in [-0.15, -0.1) is 0 Å². The average Bonchev–Trinajstić information content (AvgIpc) is 2.48.